The first-order valence-electron chi connectivity index (χ1n) is 4.69. The Hall–Kier alpha value is -1.38. The number of nitrogens with zero attached hydrogens (tertiary/aromatic N) is 1. The maximum atomic E-state index is 10.9. The van der Waals surface area contributed by atoms with Crippen molar-refractivity contribution in [2.75, 3.05) is 0 Å². The van der Waals surface area contributed by atoms with Crippen LogP contribution in [0.15, 0.2) is 0 Å². The van der Waals surface area contributed by atoms with Gasteiger partial charge in [0, 0.05) is 5.69 Å². The summed E-state index contributed by atoms with van der Waals surface area (Å²) >= 11 is 0. The fourth-order valence-corrected chi connectivity index (χ4v) is 1.60. The van der Waals surface area contributed by atoms with Crippen molar-refractivity contribution in [3.8, 4) is 0 Å². The molecule has 0 amide bonds. The molecule has 1 aromatic heterocycles. The van der Waals surface area contributed by atoms with E-state index in [9.17, 15) is 4.79 Å². The van der Waals surface area contributed by atoms with Crippen molar-refractivity contribution in [3.05, 3.63) is 28.1 Å². The number of pyridine rings is 1. The SMILES string of the molecule is CCc1c(C(=O)O)nc(C)c(C)c1C. The summed E-state index contributed by atoms with van der Waals surface area (Å²) in [7, 11) is 0. The molecule has 0 bridgehead atoms. The van der Waals surface area contributed by atoms with Crippen LogP contribution < -0.4 is 0 Å². The molecule has 0 aromatic carbocycles. The Bertz CT molecular complexity index is 383. The number of rotatable bonds is 2. The van der Waals surface area contributed by atoms with Gasteiger partial charge in [0.15, 0.2) is 5.69 Å². The van der Waals surface area contributed by atoms with Crippen molar-refractivity contribution in [2.24, 2.45) is 0 Å². The van der Waals surface area contributed by atoms with E-state index in [-0.39, 0.29) is 5.69 Å². The predicted octanol–water partition coefficient (Wildman–Crippen LogP) is 2.27. The first-order chi connectivity index (χ1) is 6.49. The van der Waals surface area contributed by atoms with Gasteiger partial charge in [0.1, 0.15) is 0 Å². The van der Waals surface area contributed by atoms with Crippen LogP contribution in [0, 0.1) is 20.8 Å². The van der Waals surface area contributed by atoms with E-state index in [1.54, 1.807) is 0 Å². The summed E-state index contributed by atoms with van der Waals surface area (Å²) < 4.78 is 0. The van der Waals surface area contributed by atoms with E-state index in [1.165, 1.54) is 0 Å². The van der Waals surface area contributed by atoms with E-state index in [0.717, 1.165) is 22.4 Å². The molecule has 0 atom stereocenters. The highest BCUT2D eigenvalue weighted by Crippen LogP contribution is 2.19. The largest absolute Gasteiger partial charge is 0.477 e. The highest BCUT2D eigenvalue weighted by atomic mass is 16.4. The van der Waals surface area contributed by atoms with Crippen LogP contribution in [0.2, 0.25) is 0 Å². The van der Waals surface area contributed by atoms with Crippen molar-refractivity contribution in [2.45, 2.75) is 34.1 Å². The third-order valence-electron chi connectivity index (χ3n) is 2.68. The molecule has 0 spiro atoms. The van der Waals surface area contributed by atoms with Crippen molar-refractivity contribution >= 4 is 5.97 Å². The Kier molecular flexibility index (Phi) is 2.89. The van der Waals surface area contributed by atoms with Crippen LogP contribution in [0.5, 0.6) is 0 Å². The molecule has 0 fully saturated rings. The van der Waals surface area contributed by atoms with Gasteiger partial charge in [-0.15, -0.1) is 0 Å². The molecule has 0 aliphatic carbocycles. The molecule has 3 heteroatoms. The molecule has 0 unspecified atom stereocenters. The summed E-state index contributed by atoms with van der Waals surface area (Å²) in [6.07, 6.45) is 0.710. The first-order valence-corrected chi connectivity index (χ1v) is 4.69. The fraction of sp³-hybridized carbons (Fsp3) is 0.455. The average Bonchev–Trinajstić information content (AvgIpc) is 2.13. The van der Waals surface area contributed by atoms with Crippen LogP contribution in [0.3, 0.4) is 0 Å². The van der Waals surface area contributed by atoms with E-state index < -0.39 is 5.97 Å². The van der Waals surface area contributed by atoms with E-state index in [4.69, 9.17) is 5.11 Å². The molecule has 76 valence electrons. The average molecular weight is 193 g/mol. The summed E-state index contributed by atoms with van der Waals surface area (Å²) in [5.41, 5.74) is 4.00. The van der Waals surface area contributed by atoms with Crippen molar-refractivity contribution in [3.63, 3.8) is 0 Å². The summed E-state index contributed by atoms with van der Waals surface area (Å²) in [6.45, 7) is 7.72. The molecule has 14 heavy (non-hydrogen) atoms. The highest BCUT2D eigenvalue weighted by Gasteiger charge is 2.15. The minimum atomic E-state index is -0.937. The van der Waals surface area contributed by atoms with E-state index in [2.05, 4.69) is 4.98 Å². The Morgan fingerprint density at radius 2 is 1.86 bits per heavy atom. The van der Waals surface area contributed by atoms with Crippen molar-refractivity contribution in [1.29, 1.82) is 0 Å². The lowest BCUT2D eigenvalue weighted by Crippen LogP contribution is -2.10. The Morgan fingerprint density at radius 3 is 2.29 bits per heavy atom. The van der Waals surface area contributed by atoms with E-state index in [0.29, 0.717) is 6.42 Å². The lowest BCUT2D eigenvalue weighted by atomic mass is 9.99. The molecule has 1 heterocycles. The zero-order valence-electron chi connectivity index (χ0n) is 9.01. The molecule has 0 saturated carbocycles. The van der Waals surface area contributed by atoms with Crippen LogP contribution in [0.25, 0.3) is 0 Å². The minimum Gasteiger partial charge on any atom is -0.477 e. The van der Waals surface area contributed by atoms with Gasteiger partial charge in [0.05, 0.1) is 0 Å². The predicted molar refractivity (Wildman–Crippen MR) is 54.8 cm³/mol. The number of aromatic nitrogens is 1. The first kappa shape index (κ1) is 10.7. The molecule has 0 aliphatic heterocycles. The summed E-state index contributed by atoms with van der Waals surface area (Å²) in [5, 5.41) is 8.97. The number of aryl methyl sites for hydroxylation is 1. The Balaban J connectivity index is 3.51. The van der Waals surface area contributed by atoms with Crippen molar-refractivity contribution in [1.82, 2.24) is 4.98 Å². The van der Waals surface area contributed by atoms with Gasteiger partial charge in [-0.2, -0.15) is 0 Å². The molecule has 1 aromatic rings. The lowest BCUT2D eigenvalue weighted by molar-refractivity contribution is 0.0689. The topological polar surface area (TPSA) is 50.2 Å². The summed E-state index contributed by atoms with van der Waals surface area (Å²) in [5.74, 6) is -0.937. The quantitative estimate of drug-likeness (QED) is 0.783. The van der Waals surface area contributed by atoms with Gasteiger partial charge in [0.2, 0.25) is 0 Å². The molecule has 3 nitrogen and oxygen atoms in total. The zero-order valence-corrected chi connectivity index (χ0v) is 9.01. The van der Waals surface area contributed by atoms with Gasteiger partial charge >= 0.3 is 5.97 Å². The van der Waals surface area contributed by atoms with Gasteiger partial charge in [0.25, 0.3) is 0 Å². The van der Waals surface area contributed by atoms with Gasteiger partial charge in [-0.25, -0.2) is 9.78 Å². The second-order valence-electron chi connectivity index (χ2n) is 3.43. The minimum absolute atomic E-state index is 0.202. The third kappa shape index (κ3) is 1.62. The molecule has 1 N–H and O–H groups in total. The van der Waals surface area contributed by atoms with Gasteiger partial charge in [-0.1, -0.05) is 6.92 Å². The number of aromatic carboxylic acids is 1. The molecular formula is C11H15NO2. The van der Waals surface area contributed by atoms with Crippen LogP contribution >= 0.6 is 0 Å². The van der Waals surface area contributed by atoms with Crippen molar-refractivity contribution < 1.29 is 9.90 Å². The number of hydrogen-bond acceptors (Lipinski definition) is 2. The Labute approximate surface area is 83.8 Å². The van der Waals surface area contributed by atoms with Gasteiger partial charge < -0.3 is 5.11 Å². The maximum absolute atomic E-state index is 10.9. The maximum Gasteiger partial charge on any atom is 0.354 e. The third-order valence-corrected chi connectivity index (χ3v) is 2.68. The number of carbonyl (C=O) groups is 1. The van der Waals surface area contributed by atoms with Crippen LogP contribution in [-0.2, 0) is 6.42 Å². The van der Waals surface area contributed by atoms with E-state index in [1.807, 2.05) is 27.7 Å². The summed E-state index contributed by atoms with van der Waals surface area (Å²) in [6, 6.07) is 0. The van der Waals surface area contributed by atoms with Crippen LogP contribution in [-0.4, -0.2) is 16.1 Å². The number of hydrogen-bond donors (Lipinski definition) is 1. The molecular weight excluding hydrogens is 178 g/mol. The second-order valence-corrected chi connectivity index (χ2v) is 3.43. The second kappa shape index (κ2) is 3.78. The normalized spacial score (nSPS) is 10.3. The lowest BCUT2D eigenvalue weighted by Gasteiger charge is -2.12. The fourth-order valence-electron chi connectivity index (χ4n) is 1.60. The molecule has 0 saturated heterocycles. The molecule has 0 radical (unpaired) electrons. The van der Waals surface area contributed by atoms with Crippen LogP contribution in [0.1, 0.15) is 39.8 Å². The van der Waals surface area contributed by atoms with Gasteiger partial charge in [-0.3, -0.25) is 0 Å². The van der Waals surface area contributed by atoms with Gasteiger partial charge in [-0.05, 0) is 43.9 Å². The smallest absolute Gasteiger partial charge is 0.354 e. The molecule has 0 aliphatic rings. The standard InChI is InChI=1S/C11H15NO2/c1-5-9-7(3)6(2)8(4)12-10(9)11(13)14/h5H2,1-4H3,(H,13,14). The molecule has 1 rings (SSSR count). The van der Waals surface area contributed by atoms with E-state index >= 15 is 0 Å². The number of carboxylic acids is 1. The monoisotopic (exact) mass is 193 g/mol. The summed E-state index contributed by atoms with van der Waals surface area (Å²) in [4.78, 5) is 15.0. The van der Waals surface area contributed by atoms with Crippen LogP contribution in [0.4, 0.5) is 0 Å². The number of carboxylic acid groups (broad SMARTS) is 1. The highest BCUT2D eigenvalue weighted by molar-refractivity contribution is 5.87. The zero-order chi connectivity index (χ0) is 10.9. The Morgan fingerprint density at radius 1 is 1.29 bits per heavy atom.